The molecule has 12 heavy (non-hydrogen) atoms. The normalized spacial score (nSPS) is 9.83. The second kappa shape index (κ2) is 8.85. The molecule has 0 spiro atoms. The van der Waals surface area contributed by atoms with Crippen LogP contribution in [0.5, 0.6) is 0 Å². The zero-order valence-corrected chi connectivity index (χ0v) is 8.49. The Kier molecular flexibility index (Phi) is 8.68. The summed E-state index contributed by atoms with van der Waals surface area (Å²) in [7, 11) is 0. The molecule has 0 aliphatic carbocycles. The number of nitrogens with one attached hydrogen (secondary N) is 1. The minimum atomic E-state index is -0.0628. The minimum absolute atomic E-state index is 0.0628. The van der Waals surface area contributed by atoms with Crippen molar-refractivity contribution in [1.82, 2.24) is 4.84 Å². The van der Waals surface area contributed by atoms with Crippen molar-refractivity contribution in [2.75, 3.05) is 0 Å². The molecule has 0 atom stereocenters. The summed E-state index contributed by atoms with van der Waals surface area (Å²) in [6, 6.07) is 0. The maximum absolute atomic E-state index is 10.7. The van der Waals surface area contributed by atoms with Gasteiger partial charge in [0.2, 0.25) is 5.91 Å². The van der Waals surface area contributed by atoms with Crippen LogP contribution in [0.2, 0.25) is 0 Å². The largest absolute Gasteiger partial charge is 0.274 e. The monoisotopic (exact) mass is 191 g/mol. The van der Waals surface area contributed by atoms with Gasteiger partial charge in [0.1, 0.15) is 0 Å². The van der Waals surface area contributed by atoms with E-state index < -0.39 is 0 Å². The third kappa shape index (κ3) is 7.86. The maximum Gasteiger partial charge on any atom is 0.234 e. The van der Waals surface area contributed by atoms with Crippen molar-refractivity contribution in [2.45, 2.75) is 51.9 Å². The van der Waals surface area contributed by atoms with Crippen molar-refractivity contribution >= 4 is 17.7 Å². The smallest absolute Gasteiger partial charge is 0.234 e. The van der Waals surface area contributed by atoms with Crippen molar-refractivity contribution < 1.29 is 4.79 Å². The van der Waals surface area contributed by atoms with Crippen LogP contribution < -0.4 is 4.84 Å². The highest BCUT2D eigenvalue weighted by molar-refractivity contribution is 6.21. The summed E-state index contributed by atoms with van der Waals surface area (Å²) in [6.45, 7) is 2.20. The molecule has 0 aliphatic heterocycles. The summed E-state index contributed by atoms with van der Waals surface area (Å²) in [5, 5.41) is 0. The molecule has 0 heterocycles. The highest BCUT2D eigenvalue weighted by Crippen LogP contribution is 2.06. The van der Waals surface area contributed by atoms with E-state index in [1.165, 1.54) is 25.7 Å². The van der Waals surface area contributed by atoms with Crippen LogP contribution in [0.1, 0.15) is 51.9 Å². The Morgan fingerprint density at radius 1 is 1.17 bits per heavy atom. The fourth-order valence-corrected chi connectivity index (χ4v) is 1.21. The van der Waals surface area contributed by atoms with Gasteiger partial charge >= 0.3 is 0 Å². The van der Waals surface area contributed by atoms with Gasteiger partial charge in [-0.25, -0.2) is 0 Å². The lowest BCUT2D eigenvalue weighted by atomic mass is 10.1. The standard InChI is InChI=1S/C9H18ClNO/c1-2-3-4-5-6-7-8-9(12)11-10/h2-8H2,1H3,(H,11,12). The SMILES string of the molecule is CCCCCCCCC(=O)NCl. The molecule has 2 nitrogen and oxygen atoms in total. The summed E-state index contributed by atoms with van der Waals surface area (Å²) in [5.41, 5.74) is 0. The van der Waals surface area contributed by atoms with Gasteiger partial charge < -0.3 is 0 Å². The van der Waals surface area contributed by atoms with Crippen LogP contribution in [0.25, 0.3) is 0 Å². The highest BCUT2D eigenvalue weighted by atomic mass is 35.5. The Morgan fingerprint density at radius 2 is 1.75 bits per heavy atom. The third-order valence-electron chi connectivity index (χ3n) is 1.86. The molecule has 0 bridgehead atoms. The number of carbonyl (C=O) groups excluding carboxylic acids is 1. The van der Waals surface area contributed by atoms with E-state index in [0.29, 0.717) is 6.42 Å². The summed E-state index contributed by atoms with van der Waals surface area (Å²) >= 11 is 5.11. The molecule has 0 rings (SSSR count). The first-order chi connectivity index (χ1) is 5.81. The predicted molar refractivity (Wildman–Crippen MR) is 52.0 cm³/mol. The van der Waals surface area contributed by atoms with Gasteiger partial charge in [-0.2, -0.15) is 0 Å². The third-order valence-corrected chi connectivity index (χ3v) is 2.07. The van der Waals surface area contributed by atoms with Crippen LogP contribution in [0, 0.1) is 0 Å². The fraction of sp³-hybridized carbons (Fsp3) is 0.889. The van der Waals surface area contributed by atoms with Gasteiger partial charge in [-0.3, -0.25) is 9.63 Å². The molecule has 0 aromatic carbocycles. The molecule has 0 saturated carbocycles. The molecule has 0 aliphatic rings. The lowest BCUT2D eigenvalue weighted by Crippen LogP contribution is -2.11. The van der Waals surface area contributed by atoms with Crippen LogP contribution in [0.4, 0.5) is 0 Å². The van der Waals surface area contributed by atoms with E-state index in [1.807, 2.05) is 0 Å². The molecule has 1 N–H and O–H groups in total. The number of rotatable bonds is 7. The molecule has 0 saturated heterocycles. The highest BCUT2D eigenvalue weighted by Gasteiger charge is 1.97. The van der Waals surface area contributed by atoms with E-state index in [-0.39, 0.29) is 5.91 Å². The number of unbranched alkanes of at least 4 members (excludes halogenated alkanes) is 5. The molecule has 0 unspecified atom stereocenters. The molecule has 0 aromatic rings. The fourth-order valence-electron chi connectivity index (χ4n) is 1.11. The second-order valence-electron chi connectivity index (χ2n) is 3.04. The van der Waals surface area contributed by atoms with Crippen LogP contribution in [-0.4, -0.2) is 5.91 Å². The zero-order valence-electron chi connectivity index (χ0n) is 7.74. The summed E-state index contributed by atoms with van der Waals surface area (Å²) in [5.74, 6) is -0.0628. The first-order valence-electron chi connectivity index (χ1n) is 4.70. The molecular weight excluding hydrogens is 174 g/mol. The second-order valence-corrected chi connectivity index (χ2v) is 3.22. The van der Waals surface area contributed by atoms with Crippen LogP contribution in [0.15, 0.2) is 0 Å². The van der Waals surface area contributed by atoms with E-state index in [9.17, 15) is 4.79 Å². The Balaban J connectivity index is 2.95. The van der Waals surface area contributed by atoms with Gasteiger partial charge in [0.25, 0.3) is 0 Å². The van der Waals surface area contributed by atoms with E-state index in [0.717, 1.165) is 12.8 Å². The van der Waals surface area contributed by atoms with Crippen molar-refractivity contribution in [1.29, 1.82) is 0 Å². The molecule has 72 valence electrons. The molecular formula is C9H18ClNO. The summed E-state index contributed by atoms with van der Waals surface area (Å²) in [4.78, 5) is 12.8. The number of hydrogen-bond acceptors (Lipinski definition) is 1. The molecule has 0 aromatic heterocycles. The Bertz CT molecular complexity index is 117. The molecule has 0 radical (unpaired) electrons. The number of hydrogen-bond donors (Lipinski definition) is 1. The first-order valence-corrected chi connectivity index (χ1v) is 5.08. The summed E-state index contributed by atoms with van der Waals surface area (Å²) in [6.07, 6.45) is 7.77. The molecule has 3 heteroatoms. The van der Waals surface area contributed by atoms with E-state index in [2.05, 4.69) is 11.8 Å². The van der Waals surface area contributed by atoms with Crippen molar-refractivity contribution in [3.05, 3.63) is 0 Å². The first kappa shape index (κ1) is 11.8. The summed E-state index contributed by atoms with van der Waals surface area (Å²) < 4.78 is 0. The van der Waals surface area contributed by atoms with Crippen LogP contribution in [0.3, 0.4) is 0 Å². The van der Waals surface area contributed by atoms with Crippen LogP contribution >= 0.6 is 11.8 Å². The Hall–Kier alpha value is -0.240. The van der Waals surface area contributed by atoms with Gasteiger partial charge in [-0.15, -0.1) is 0 Å². The minimum Gasteiger partial charge on any atom is -0.274 e. The van der Waals surface area contributed by atoms with Gasteiger partial charge in [0.15, 0.2) is 0 Å². The van der Waals surface area contributed by atoms with Gasteiger partial charge in [-0.1, -0.05) is 39.0 Å². The van der Waals surface area contributed by atoms with E-state index >= 15 is 0 Å². The quantitative estimate of drug-likeness (QED) is 0.487. The molecule has 1 amide bonds. The topological polar surface area (TPSA) is 29.1 Å². The van der Waals surface area contributed by atoms with Gasteiger partial charge in [0.05, 0.1) is 0 Å². The average Bonchev–Trinajstić information content (AvgIpc) is 2.10. The molecule has 0 fully saturated rings. The number of amides is 1. The number of carbonyl (C=O) groups is 1. The van der Waals surface area contributed by atoms with E-state index in [4.69, 9.17) is 11.8 Å². The van der Waals surface area contributed by atoms with E-state index in [1.54, 1.807) is 0 Å². The van der Waals surface area contributed by atoms with Crippen molar-refractivity contribution in [2.24, 2.45) is 0 Å². The Morgan fingerprint density at radius 3 is 2.33 bits per heavy atom. The lowest BCUT2D eigenvalue weighted by molar-refractivity contribution is -0.119. The predicted octanol–water partition coefficient (Wildman–Crippen LogP) is 3.01. The van der Waals surface area contributed by atoms with Gasteiger partial charge in [0, 0.05) is 18.2 Å². The van der Waals surface area contributed by atoms with Crippen molar-refractivity contribution in [3.8, 4) is 0 Å². The van der Waals surface area contributed by atoms with Gasteiger partial charge in [-0.05, 0) is 6.42 Å². The number of halogens is 1. The van der Waals surface area contributed by atoms with Crippen LogP contribution in [-0.2, 0) is 4.79 Å². The lowest BCUT2D eigenvalue weighted by Gasteiger charge is -1.98. The van der Waals surface area contributed by atoms with Crippen molar-refractivity contribution in [3.63, 3.8) is 0 Å². The maximum atomic E-state index is 10.7. The average molecular weight is 192 g/mol. The zero-order chi connectivity index (χ0) is 9.23. The Labute approximate surface area is 79.8 Å².